The zero-order chi connectivity index (χ0) is 18.7. The van der Waals surface area contributed by atoms with Crippen molar-refractivity contribution in [3.05, 3.63) is 57.3 Å². The largest absolute Gasteiger partial charge is 0.493 e. The van der Waals surface area contributed by atoms with Gasteiger partial charge in [-0.25, -0.2) is 4.98 Å². The number of fused-ring (bicyclic) bond motifs is 1. The molecule has 3 aromatic rings. The minimum absolute atomic E-state index is 0.468. The number of hydrogen-bond donors (Lipinski definition) is 1. The highest BCUT2D eigenvalue weighted by atomic mass is 79.9. The highest BCUT2D eigenvalue weighted by Gasteiger charge is 2.11. The zero-order valence-electron chi connectivity index (χ0n) is 15.1. The molecule has 2 aromatic carbocycles. The van der Waals surface area contributed by atoms with Crippen molar-refractivity contribution in [3.8, 4) is 11.8 Å². The molecular weight excluding hydrogens is 390 g/mol. The predicted molar refractivity (Wildman–Crippen MR) is 109 cm³/mol. The quantitative estimate of drug-likeness (QED) is 0.541. The summed E-state index contributed by atoms with van der Waals surface area (Å²) >= 11 is 3.49. The number of halogens is 1. The van der Waals surface area contributed by atoms with E-state index in [0.29, 0.717) is 18.0 Å². The van der Waals surface area contributed by atoms with Crippen LogP contribution in [0.3, 0.4) is 0 Å². The number of nitrogens with zero attached hydrogens (tertiary/aromatic N) is 2. The molecule has 132 valence electrons. The van der Waals surface area contributed by atoms with Crippen LogP contribution in [-0.2, 0) is 0 Å². The minimum atomic E-state index is 0.468. The molecule has 0 amide bonds. The lowest BCUT2D eigenvalue weighted by Gasteiger charge is -2.09. The van der Waals surface area contributed by atoms with E-state index in [2.05, 4.69) is 58.8 Å². The van der Waals surface area contributed by atoms with E-state index in [1.165, 1.54) is 11.1 Å². The Labute approximate surface area is 161 Å². The maximum Gasteiger partial charge on any atom is 0.149 e. The van der Waals surface area contributed by atoms with Crippen LogP contribution in [0.1, 0.15) is 35.9 Å². The molecule has 0 unspecified atom stereocenters. The average molecular weight is 410 g/mol. The summed E-state index contributed by atoms with van der Waals surface area (Å²) < 4.78 is 6.74. The van der Waals surface area contributed by atoms with E-state index in [9.17, 15) is 5.26 Å². The fraction of sp³-hybridized carbons (Fsp3) is 0.238. The maximum absolute atomic E-state index is 9.68. The highest BCUT2D eigenvalue weighted by Crippen LogP contribution is 2.28. The minimum Gasteiger partial charge on any atom is -0.493 e. The maximum atomic E-state index is 9.68. The summed E-state index contributed by atoms with van der Waals surface area (Å²) in [7, 11) is 0. The molecule has 0 bridgehead atoms. The Kier molecular flexibility index (Phi) is 5.43. The van der Waals surface area contributed by atoms with Crippen LogP contribution in [0.4, 0.5) is 0 Å². The van der Waals surface area contributed by atoms with E-state index < -0.39 is 0 Å². The molecule has 3 rings (SSSR count). The third kappa shape index (κ3) is 3.81. The molecule has 0 saturated heterocycles. The molecular formula is C21H20BrN3O. The first kappa shape index (κ1) is 18.2. The molecule has 0 aliphatic heterocycles. The lowest BCUT2D eigenvalue weighted by atomic mass is 10.1. The van der Waals surface area contributed by atoms with Crippen molar-refractivity contribution in [2.75, 3.05) is 6.61 Å². The molecule has 26 heavy (non-hydrogen) atoms. The molecule has 0 fully saturated rings. The molecule has 0 aliphatic carbocycles. The molecule has 0 spiro atoms. The topological polar surface area (TPSA) is 61.7 Å². The monoisotopic (exact) mass is 409 g/mol. The van der Waals surface area contributed by atoms with Crippen molar-refractivity contribution < 1.29 is 4.74 Å². The summed E-state index contributed by atoms with van der Waals surface area (Å²) in [6, 6.07) is 12.1. The molecule has 0 saturated carbocycles. The Morgan fingerprint density at radius 2 is 2.04 bits per heavy atom. The van der Waals surface area contributed by atoms with Gasteiger partial charge in [0.2, 0.25) is 0 Å². The first-order chi connectivity index (χ1) is 12.5. The summed E-state index contributed by atoms with van der Waals surface area (Å²) in [5.41, 5.74) is 5.48. The van der Waals surface area contributed by atoms with E-state index in [1.807, 2.05) is 30.3 Å². The Balaban J connectivity index is 2.06. The fourth-order valence-electron chi connectivity index (χ4n) is 2.68. The Morgan fingerprint density at radius 3 is 2.77 bits per heavy atom. The number of ether oxygens (including phenoxy) is 1. The number of aryl methyl sites for hydroxylation is 2. The number of benzene rings is 2. The van der Waals surface area contributed by atoms with E-state index in [4.69, 9.17) is 4.74 Å². The van der Waals surface area contributed by atoms with Gasteiger partial charge in [0.05, 0.1) is 23.2 Å². The van der Waals surface area contributed by atoms with Crippen molar-refractivity contribution in [1.29, 1.82) is 5.26 Å². The van der Waals surface area contributed by atoms with Crippen LogP contribution in [0.2, 0.25) is 0 Å². The van der Waals surface area contributed by atoms with E-state index in [1.54, 1.807) is 0 Å². The number of aromatic amines is 1. The number of allylic oxidation sites excluding steroid dienone is 1. The summed E-state index contributed by atoms with van der Waals surface area (Å²) in [6.45, 7) is 6.82. The van der Waals surface area contributed by atoms with Crippen LogP contribution in [0.5, 0.6) is 5.75 Å². The summed E-state index contributed by atoms with van der Waals surface area (Å²) in [5, 5.41) is 9.68. The first-order valence-corrected chi connectivity index (χ1v) is 9.32. The van der Waals surface area contributed by atoms with Gasteiger partial charge in [-0.1, -0.05) is 22.9 Å². The van der Waals surface area contributed by atoms with Crippen LogP contribution >= 0.6 is 15.9 Å². The highest BCUT2D eigenvalue weighted by molar-refractivity contribution is 9.10. The lowest BCUT2D eigenvalue weighted by molar-refractivity contribution is 0.317. The van der Waals surface area contributed by atoms with Gasteiger partial charge in [-0.3, -0.25) is 0 Å². The molecule has 0 radical (unpaired) electrons. The van der Waals surface area contributed by atoms with Crippen LogP contribution in [0.15, 0.2) is 34.8 Å². The van der Waals surface area contributed by atoms with Gasteiger partial charge in [0.25, 0.3) is 0 Å². The van der Waals surface area contributed by atoms with Gasteiger partial charge >= 0.3 is 0 Å². The second-order valence-electron chi connectivity index (χ2n) is 6.24. The van der Waals surface area contributed by atoms with Gasteiger partial charge in [0.1, 0.15) is 17.6 Å². The molecule has 4 nitrogen and oxygen atoms in total. The van der Waals surface area contributed by atoms with E-state index in [0.717, 1.165) is 33.2 Å². The van der Waals surface area contributed by atoms with Gasteiger partial charge in [-0.05, 0) is 67.8 Å². The standard InChI is InChI=1S/C21H20BrN3O/c1-4-7-26-20-6-5-17(22)11-15(20)10-16(12-23)21-24-18-8-13(2)14(3)9-19(18)25-21/h5-6,8-11H,4,7H2,1-3H3,(H,24,25)/b16-10+. The van der Waals surface area contributed by atoms with Crippen molar-refractivity contribution in [3.63, 3.8) is 0 Å². The van der Waals surface area contributed by atoms with Gasteiger partial charge in [0, 0.05) is 10.0 Å². The van der Waals surface area contributed by atoms with Crippen LogP contribution < -0.4 is 4.74 Å². The van der Waals surface area contributed by atoms with Crippen molar-refractivity contribution in [2.24, 2.45) is 0 Å². The second kappa shape index (κ2) is 7.76. The Bertz CT molecular complexity index is 989. The molecule has 0 atom stereocenters. The smallest absolute Gasteiger partial charge is 0.149 e. The molecule has 1 aromatic heterocycles. The number of aromatic nitrogens is 2. The molecule has 0 aliphatic rings. The number of nitrogens with one attached hydrogen (secondary N) is 1. The van der Waals surface area contributed by atoms with Crippen LogP contribution in [-0.4, -0.2) is 16.6 Å². The van der Waals surface area contributed by atoms with Crippen molar-refractivity contribution >= 4 is 38.6 Å². The number of hydrogen-bond acceptors (Lipinski definition) is 3. The van der Waals surface area contributed by atoms with Crippen LogP contribution in [0.25, 0.3) is 22.7 Å². The lowest BCUT2D eigenvalue weighted by Crippen LogP contribution is -1.97. The third-order valence-electron chi connectivity index (χ3n) is 4.21. The Morgan fingerprint density at radius 1 is 1.27 bits per heavy atom. The number of H-pyrrole nitrogens is 1. The third-order valence-corrected chi connectivity index (χ3v) is 4.70. The normalized spacial score (nSPS) is 11.6. The van der Waals surface area contributed by atoms with Gasteiger partial charge < -0.3 is 9.72 Å². The number of rotatable bonds is 5. The van der Waals surface area contributed by atoms with E-state index >= 15 is 0 Å². The fourth-order valence-corrected chi connectivity index (χ4v) is 3.06. The number of nitriles is 1. The SMILES string of the molecule is CCCOc1ccc(Br)cc1/C=C(\C#N)c1nc2cc(C)c(C)cc2[nH]1. The van der Waals surface area contributed by atoms with Crippen molar-refractivity contribution in [1.82, 2.24) is 9.97 Å². The van der Waals surface area contributed by atoms with Gasteiger partial charge in [0.15, 0.2) is 0 Å². The van der Waals surface area contributed by atoms with Crippen molar-refractivity contribution in [2.45, 2.75) is 27.2 Å². The number of imidazole rings is 1. The van der Waals surface area contributed by atoms with E-state index in [-0.39, 0.29) is 0 Å². The Hall–Kier alpha value is -2.58. The average Bonchev–Trinajstić information content (AvgIpc) is 3.01. The first-order valence-electron chi connectivity index (χ1n) is 8.53. The summed E-state index contributed by atoms with van der Waals surface area (Å²) in [6.07, 6.45) is 2.74. The van der Waals surface area contributed by atoms with Crippen LogP contribution in [0, 0.1) is 25.2 Å². The predicted octanol–water partition coefficient (Wildman–Crippen LogP) is 5.80. The molecule has 1 N–H and O–H groups in total. The second-order valence-corrected chi connectivity index (χ2v) is 7.16. The van der Waals surface area contributed by atoms with Gasteiger partial charge in [-0.2, -0.15) is 5.26 Å². The summed E-state index contributed by atoms with van der Waals surface area (Å²) in [5.74, 6) is 1.32. The summed E-state index contributed by atoms with van der Waals surface area (Å²) in [4.78, 5) is 7.86. The molecule has 1 heterocycles. The molecule has 5 heteroatoms. The zero-order valence-corrected chi connectivity index (χ0v) is 16.6. The van der Waals surface area contributed by atoms with Gasteiger partial charge in [-0.15, -0.1) is 0 Å².